The summed E-state index contributed by atoms with van der Waals surface area (Å²) in [4.78, 5) is 4.03. The molecule has 0 saturated carbocycles. The summed E-state index contributed by atoms with van der Waals surface area (Å²) >= 11 is 1.96. The van der Waals surface area contributed by atoms with Crippen molar-refractivity contribution in [2.24, 2.45) is 0 Å². The standard InChI is InChI=1S/C55H45NS/c1-55(2)50-34-41(40-24-23-36-13-6-7-16-39(36)33-40)27-31-46(50)47-32-30-43(35-51(47)55)56(52-21-10-8-17-44(52)37-14-4-3-5-15-37)42-28-25-38(26-29-42)45-19-12-20-49-48-18-9-11-22-53(48)57-54(45)49/h3-16,18,20-32,34-35,40,44-45H,17,19,33H2,1-2H3. The molecule has 0 fully saturated rings. The maximum atomic E-state index is 2.55. The van der Waals surface area contributed by atoms with Crippen LogP contribution in [0.1, 0.15) is 93.8 Å². The molecule has 0 N–H and O–H groups in total. The lowest BCUT2D eigenvalue weighted by molar-refractivity contribution is 0.657. The van der Waals surface area contributed by atoms with Crippen molar-refractivity contribution in [3.05, 3.63) is 225 Å². The van der Waals surface area contributed by atoms with Crippen molar-refractivity contribution in [3.8, 4) is 11.1 Å². The topological polar surface area (TPSA) is 3.24 Å². The molecule has 3 unspecified atom stereocenters. The number of benzene rings is 6. The molecular formula is C55H45NS. The van der Waals surface area contributed by atoms with Gasteiger partial charge in [-0.25, -0.2) is 0 Å². The Balaban J connectivity index is 0.983. The van der Waals surface area contributed by atoms with Gasteiger partial charge in [0.05, 0.1) is 0 Å². The van der Waals surface area contributed by atoms with E-state index in [2.05, 4.69) is 201 Å². The third-order valence-electron chi connectivity index (χ3n) is 13.2. The van der Waals surface area contributed by atoms with E-state index in [1.807, 2.05) is 11.3 Å². The largest absolute Gasteiger partial charge is 0.314 e. The second-order valence-corrected chi connectivity index (χ2v) is 17.8. The predicted octanol–water partition coefficient (Wildman–Crippen LogP) is 14.9. The molecule has 1 heterocycles. The van der Waals surface area contributed by atoms with E-state index >= 15 is 0 Å². The van der Waals surface area contributed by atoms with Gasteiger partial charge in [-0.15, -0.1) is 11.3 Å². The third-order valence-corrected chi connectivity index (χ3v) is 14.5. The molecule has 0 amide bonds. The molecule has 11 rings (SSSR count). The Morgan fingerprint density at radius 3 is 2.19 bits per heavy atom. The summed E-state index contributed by atoms with van der Waals surface area (Å²) in [7, 11) is 0. The molecule has 57 heavy (non-hydrogen) atoms. The predicted molar refractivity (Wildman–Crippen MR) is 243 cm³/mol. The lowest BCUT2D eigenvalue weighted by Gasteiger charge is -2.35. The highest BCUT2D eigenvalue weighted by atomic mass is 32.1. The first-order valence-corrected chi connectivity index (χ1v) is 21.4. The zero-order valence-corrected chi connectivity index (χ0v) is 33.3. The molecule has 4 aliphatic rings. The Bertz CT molecular complexity index is 2810. The zero-order chi connectivity index (χ0) is 38.1. The molecule has 4 aliphatic carbocycles. The first-order valence-electron chi connectivity index (χ1n) is 20.6. The van der Waals surface area contributed by atoms with Crippen LogP contribution in [0.2, 0.25) is 0 Å². The summed E-state index contributed by atoms with van der Waals surface area (Å²) in [6.07, 6.45) is 19.4. The van der Waals surface area contributed by atoms with Crippen molar-refractivity contribution >= 4 is 44.9 Å². The van der Waals surface area contributed by atoms with Crippen LogP contribution in [0.15, 0.2) is 176 Å². The molecular weight excluding hydrogens is 707 g/mol. The molecule has 1 nitrogen and oxygen atoms in total. The van der Waals surface area contributed by atoms with Gasteiger partial charge in [0.1, 0.15) is 0 Å². The fourth-order valence-electron chi connectivity index (χ4n) is 10.1. The van der Waals surface area contributed by atoms with Gasteiger partial charge in [0.15, 0.2) is 0 Å². The van der Waals surface area contributed by atoms with Crippen LogP contribution in [0.5, 0.6) is 0 Å². The molecule has 0 saturated heterocycles. The van der Waals surface area contributed by atoms with E-state index in [9.17, 15) is 0 Å². The highest BCUT2D eigenvalue weighted by Gasteiger charge is 2.37. The number of rotatable bonds is 6. The summed E-state index contributed by atoms with van der Waals surface area (Å²) < 4.78 is 1.38. The molecule has 0 radical (unpaired) electrons. The van der Waals surface area contributed by atoms with Gasteiger partial charge in [0.25, 0.3) is 0 Å². The van der Waals surface area contributed by atoms with E-state index in [0.29, 0.717) is 11.8 Å². The van der Waals surface area contributed by atoms with Crippen molar-refractivity contribution < 1.29 is 0 Å². The van der Waals surface area contributed by atoms with Crippen LogP contribution in [0, 0.1) is 0 Å². The number of anilines is 2. The third kappa shape index (κ3) is 5.72. The molecule has 0 aliphatic heterocycles. The minimum absolute atomic E-state index is 0.140. The fraction of sp³-hybridized carbons (Fsp3) is 0.164. The number of thiophene rings is 1. The van der Waals surface area contributed by atoms with Gasteiger partial charge in [-0.1, -0.05) is 159 Å². The second kappa shape index (κ2) is 13.6. The monoisotopic (exact) mass is 751 g/mol. The van der Waals surface area contributed by atoms with Crippen LogP contribution < -0.4 is 4.90 Å². The summed E-state index contributed by atoms with van der Waals surface area (Å²) in [5.74, 6) is 0.993. The SMILES string of the molecule is CC1(C)c2cc(C3C=Cc4ccccc4C3)ccc2-c2ccc(N(C3=CC=CCC3c3ccccc3)c3ccc(C4CC=Cc5c4sc4ccccc54)cc3)cc21. The lowest BCUT2D eigenvalue weighted by Crippen LogP contribution is -2.24. The Morgan fingerprint density at radius 1 is 0.614 bits per heavy atom. The maximum Gasteiger partial charge on any atom is 0.0462 e. The smallest absolute Gasteiger partial charge is 0.0462 e. The van der Waals surface area contributed by atoms with Crippen molar-refractivity contribution in [2.45, 2.75) is 56.3 Å². The molecule has 2 heteroatoms. The van der Waals surface area contributed by atoms with Crippen LogP contribution in [0.25, 0.3) is 33.4 Å². The van der Waals surface area contributed by atoms with Gasteiger partial charge < -0.3 is 4.90 Å². The summed E-state index contributed by atoms with van der Waals surface area (Å²) in [6.45, 7) is 4.85. The van der Waals surface area contributed by atoms with Crippen LogP contribution >= 0.6 is 11.3 Å². The van der Waals surface area contributed by atoms with Crippen LogP contribution in [0.4, 0.5) is 11.4 Å². The number of fused-ring (bicyclic) bond motifs is 7. The van der Waals surface area contributed by atoms with E-state index in [0.717, 1.165) is 19.3 Å². The van der Waals surface area contributed by atoms with Crippen LogP contribution in [-0.4, -0.2) is 0 Å². The molecule has 0 spiro atoms. The molecule has 276 valence electrons. The normalized spacial score (nSPS) is 19.8. The Morgan fingerprint density at radius 2 is 1.32 bits per heavy atom. The van der Waals surface area contributed by atoms with Crippen molar-refractivity contribution in [3.63, 3.8) is 0 Å². The maximum absolute atomic E-state index is 2.55. The lowest BCUT2D eigenvalue weighted by atomic mass is 9.79. The van der Waals surface area contributed by atoms with E-state index in [4.69, 9.17) is 0 Å². The van der Waals surface area contributed by atoms with E-state index in [-0.39, 0.29) is 11.3 Å². The van der Waals surface area contributed by atoms with Crippen molar-refractivity contribution in [2.75, 3.05) is 4.90 Å². The number of hydrogen-bond donors (Lipinski definition) is 0. The van der Waals surface area contributed by atoms with Gasteiger partial charge >= 0.3 is 0 Å². The van der Waals surface area contributed by atoms with Crippen LogP contribution in [-0.2, 0) is 11.8 Å². The minimum Gasteiger partial charge on any atom is -0.314 e. The minimum atomic E-state index is -0.140. The van der Waals surface area contributed by atoms with Crippen molar-refractivity contribution in [1.82, 2.24) is 0 Å². The molecule has 6 aromatic carbocycles. The Labute approximate surface area is 340 Å². The molecule has 3 atom stereocenters. The zero-order valence-electron chi connectivity index (χ0n) is 32.5. The van der Waals surface area contributed by atoms with Gasteiger partial charge in [0, 0.05) is 49.8 Å². The highest BCUT2D eigenvalue weighted by molar-refractivity contribution is 7.19. The Kier molecular flexibility index (Phi) is 8.19. The first-order chi connectivity index (χ1) is 28.0. The summed E-state index contributed by atoms with van der Waals surface area (Å²) in [6, 6.07) is 52.8. The van der Waals surface area contributed by atoms with E-state index in [1.54, 1.807) is 0 Å². The first kappa shape index (κ1) is 34.3. The number of hydrogen-bond acceptors (Lipinski definition) is 2. The van der Waals surface area contributed by atoms with E-state index < -0.39 is 0 Å². The highest BCUT2D eigenvalue weighted by Crippen LogP contribution is 2.52. The Hall–Kier alpha value is -5.96. The summed E-state index contributed by atoms with van der Waals surface area (Å²) in [5, 5.41) is 1.37. The number of nitrogens with zero attached hydrogens (tertiary/aromatic N) is 1. The molecule has 0 bridgehead atoms. The van der Waals surface area contributed by atoms with Gasteiger partial charge in [-0.3, -0.25) is 0 Å². The molecule has 7 aromatic rings. The van der Waals surface area contributed by atoms with E-state index in [1.165, 1.54) is 87.7 Å². The number of allylic oxidation sites excluding steroid dienone is 6. The fourth-order valence-corrected chi connectivity index (χ4v) is 11.5. The average molecular weight is 752 g/mol. The molecule has 1 aromatic heterocycles. The van der Waals surface area contributed by atoms with Crippen LogP contribution in [0.3, 0.4) is 0 Å². The van der Waals surface area contributed by atoms with Crippen molar-refractivity contribution in [1.29, 1.82) is 0 Å². The summed E-state index contributed by atoms with van der Waals surface area (Å²) in [5.41, 5.74) is 17.4. The average Bonchev–Trinajstić information content (AvgIpc) is 3.76. The van der Waals surface area contributed by atoms with Gasteiger partial charge in [-0.2, -0.15) is 0 Å². The van der Waals surface area contributed by atoms with Gasteiger partial charge in [-0.05, 0) is 117 Å². The second-order valence-electron chi connectivity index (χ2n) is 16.7. The quantitative estimate of drug-likeness (QED) is 0.164. The van der Waals surface area contributed by atoms with Gasteiger partial charge in [0.2, 0.25) is 0 Å².